The fourth-order valence-corrected chi connectivity index (χ4v) is 4.67. The Balaban J connectivity index is 0.000000262. The fraction of sp³-hybridized carbons (Fsp3) is 0.250. The van der Waals surface area contributed by atoms with E-state index >= 15 is 0 Å². The number of rotatable bonds is 7. The highest BCUT2D eigenvalue weighted by Crippen LogP contribution is 2.36. The van der Waals surface area contributed by atoms with Gasteiger partial charge in [0.15, 0.2) is 0 Å². The lowest BCUT2D eigenvalue weighted by Gasteiger charge is -2.15. The zero-order chi connectivity index (χ0) is 23.0. The van der Waals surface area contributed by atoms with Gasteiger partial charge in [-0.3, -0.25) is 9.59 Å². The molecule has 0 saturated heterocycles. The van der Waals surface area contributed by atoms with Crippen LogP contribution in [0.5, 0.6) is 0 Å². The minimum absolute atomic E-state index is 0.142. The van der Waals surface area contributed by atoms with E-state index in [1.54, 1.807) is 31.3 Å². The summed E-state index contributed by atoms with van der Waals surface area (Å²) < 4.78 is 10.6. The molecule has 8 nitrogen and oxygen atoms in total. The summed E-state index contributed by atoms with van der Waals surface area (Å²) in [6.45, 7) is 5.13. The average molecular weight is 571 g/mol. The molecular weight excluding hydrogens is 549 g/mol. The molecule has 3 aromatic rings. The van der Waals surface area contributed by atoms with Crippen molar-refractivity contribution in [3.63, 3.8) is 0 Å². The smallest absolute Gasteiger partial charge is 0.252 e. The van der Waals surface area contributed by atoms with Gasteiger partial charge in [-0.25, -0.2) is 10.8 Å². The Bertz CT molecular complexity index is 1160. The van der Waals surface area contributed by atoms with Crippen LogP contribution in [-0.4, -0.2) is 32.8 Å². The molecule has 0 spiro atoms. The number of nitrogens with one attached hydrogen (secondary N) is 1. The predicted octanol–water partition coefficient (Wildman–Crippen LogP) is 4.51. The van der Waals surface area contributed by atoms with Crippen LogP contribution in [0.2, 0.25) is 0 Å². The molecule has 1 aromatic carbocycles. The monoisotopic (exact) mass is 571 g/mol. The molecule has 0 saturated carbocycles. The first-order chi connectivity index (χ1) is 14.8. The van der Waals surface area contributed by atoms with Crippen molar-refractivity contribution in [2.24, 2.45) is 7.05 Å². The number of pyridine rings is 1. The summed E-state index contributed by atoms with van der Waals surface area (Å²) in [5.74, 6) is 0. The van der Waals surface area contributed by atoms with Crippen molar-refractivity contribution in [1.82, 2.24) is 12.8 Å². The Kier molecular flexibility index (Phi) is 9.92. The van der Waals surface area contributed by atoms with Crippen LogP contribution in [0.4, 0.5) is 5.69 Å². The Morgan fingerprint density at radius 1 is 1.35 bits per heavy atom. The lowest BCUT2D eigenvalue weighted by molar-refractivity contribution is -0.105. The molecule has 2 aromatic heterocycles. The standard InChI is InChI=1S/C13H14IN3OS2.C7H8N2O2/c1-4-16(3)19-12-6-9(2)5-10-7-11(8-15)17(13(10)12)20-18-14;1-9-3-2-6(8-5-10)4-7(9)11/h5-7H,4H2,1-3H3;2-5H,1H3,(H,8,10). The number of carbonyl (C=O) groups is 1. The third-order valence-corrected chi connectivity index (χ3v) is 6.35. The molecule has 31 heavy (non-hydrogen) atoms. The van der Waals surface area contributed by atoms with E-state index in [4.69, 9.17) is 2.51 Å². The highest BCUT2D eigenvalue weighted by atomic mass is 127. The van der Waals surface area contributed by atoms with Crippen molar-refractivity contribution in [1.29, 1.82) is 5.26 Å². The van der Waals surface area contributed by atoms with Crippen molar-refractivity contribution in [3.8, 4) is 6.07 Å². The SMILES string of the molecule is CCN(C)Sc1cc(C)cc2cc(C#N)n(SOI)c12.Cn1ccc(NC=O)cc1=O. The maximum atomic E-state index is 10.9. The molecule has 1 N–H and O–H groups in total. The molecule has 0 unspecified atom stereocenters. The third kappa shape index (κ3) is 6.75. The van der Waals surface area contributed by atoms with E-state index in [0.717, 1.165) is 22.3 Å². The minimum atomic E-state index is -0.142. The summed E-state index contributed by atoms with van der Waals surface area (Å²) in [6.07, 6.45) is 2.13. The Morgan fingerprint density at radius 3 is 2.68 bits per heavy atom. The molecule has 3 rings (SSSR count). The van der Waals surface area contributed by atoms with Gasteiger partial charge < -0.3 is 9.88 Å². The number of aromatic nitrogens is 2. The zero-order valence-electron chi connectivity index (χ0n) is 17.5. The van der Waals surface area contributed by atoms with Gasteiger partial charge in [-0.05, 0) is 55.7 Å². The van der Waals surface area contributed by atoms with E-state index in [1.165, 1.54) is 28.4 Å². The maximum Gasteiger partial charge on any atom is 0.252 e. The molecular formula is C20H22IN5O3S2. The molecule has 0 radical (unpaired) electrons. The van der Waals surface area contributed by atoms with Crippen molar-refractivity contribution in [3.05, 3.63) is 58.1 Å². The molecule has 0 aliphatic heterocycles. The van der Waals surface area contributed by atoms with Crippen molar-refractivity contribution >= 4 is 70.2 Å². The number of aryl methyl sites for hydroxylation is 2. The average Bonchev–Trinajstić information content (AvgIpc) is 3.09. The van der Waals surface area contributed by atoms with Gasteiger partial charge in [-0.15, -0.1) is 0 Å². The summed E-state index contributed by atoms with van der Waals surface area (Å²) in [7, 11) is 3.70. The summed E-state index contributed by atoms with van der Waals surface area (Å²) >= 11 is 4.67. The van der Waals surface area contributed by atoms with Gasteiger partial charge in [-0.2, -0.15) is 5.26 Å². The lowest BCUT2D eigenvalue weighted by atomic mass is 10.2. The molecule has 1 amide bonds. The predicted molar refractivity (Wildman–Crippen MR) is 135 cm³/mol. The second-order valence-corrected chi connectivity index (χ2v) is 9.40. The van der Waals surface area contributed by atoms with Crippen molar-refractivity contribution < 1.29 is 7.31 Å². The van der Waals surface area contributed by atoms with Gasteiger partial charge in [0.25, 0.3) is 5.56 Å². The van der Waals surface area contributed by atoms with E-state index in [-0.39, 0.29) is 5.56 Å². The molecule has 0 atom stereocenters. The topological polar surface area (TPSA) is 92.3 Å². The van der Waals surface area contributed by atoms with Gasteiger partial charge in [0.1, 0.15) is 47.0 Å². The molecule has 0 aliphatic carbocycles. The molecule has 0 fully saturated rings. The first kappa shape index (κ1) is 25.3. The van der Waals surface area contributed by atoms with Crippen molar-refractivity contribution in [2.75, 3.05) is 18.9 Å². The second kappa shape index (κ2) is 12.2. The largest absolute Gasteiger partial charge is 0.328 e. The summed E-state index contributed by atoms with van der Waals surface area (Å²) in [5.41, 5.74) is 3.18. The van der Waals surface area contributed by atoms with E-state index in [9.17, 15) is 14.9 Å². The van der Waals surface area contributed by atoms with Crippen LogP contribution >= 0.6 is 47.2 Å². The van der Waals surface area contributed by atoms with Crippen LogP contribution in [0, 0.1) is 18.3 Å². The van der Waals surface area contributed by atoms with E-state index in [2.05, 4.69) is 48.7 Å². The van der Waals surface area contributed by atoms with Crippen LogP contribution in [-0.2, 0) is 14.4 Å². The normalized spacial score (nSPS) is 10.5. The Hall–Kier alpha value is -1.98. The molecule has 11 heteroatoms. The molecule has 0 aliphatic rings. The first-order valence-electron chi connectivity index (χ1n) is 9.12. The number of nitrogens with zero attached hydrogens (tertiary/aromatic N) is 4. The number of hydrogen-bond donors (Lipinski definition) is 1. The van der Waals surface area contributed by atoms with E-state index in [0.29, 0.717) is 17.8 Å². The van der Waals surface area contributed by atoms with E-state index in [1.807, 2.05) is 33.0 Å². The zero-order valence-corrected chi connectivity index (χ0v) is 21.2. The molecule has 2 heterocycles. The Morgan fingerprint density at radius 2 is 2.10 bits per heavy atom. The highest BCUT2D eigenvalue weighted by Gasteiger charge is 2.15. The van der Waals surface area contributed by atoms with Crippen LogP contribution in [0.1, 0.15) is 18.2 Å². The minimum Gasteiger partial charge on any atom is -0.328 e. The summed E-state index contributed by atoms with van der Waals surface area (Å²) in [5, 5.41) is 12.7. The van der Waals surface area contributed by atoms with E-state index < -0.39 is 0 Å². The van der Waals surface area contributed by atoms with Crippen LogP contribution in [0.25, 0.3) is 10.9 Å². The first-order valence-corrected chi connectivity index (χ1v) is 11.5. The number of amides is 1. The number of halogens is 1. The maximum absolute atomic E-state index is 10.9. The van der Waals surface area contributed by atoms with Gasteiger partial charge in [0.05, 0.1) is 5.52 Å². The van der Waals surface area contributed by atoms with Gasteiger partial charge in [-0.1, -0.05) is 6.92 Å². The second-order valence-electron chi connectivity index (χ2n) is 6.44. The third-order valence-electron chi connectivity index (χ3n) is 4.21. The lowest BCUT2D eigenvalue weighted by Crippen LogP contribution is -2.15. The highest BCUT2D eigenvalue weighted by molar-refractivity contribution is 14.1. The fourth-order valence-electron chi connectivity index (χ4n) is 2.62. The summed E-state index contributed by atoms with van der Waals surface area (Å²) in [4.78, 5) is 22.0. The quantitative estimate of drug-likeness (QED) is 0.193. The van der Waals surface area contributed by atoms with Crippen LogP contribution in [0.3, 0.4) is 0 Å². The van der Waals surface area contributed by atoms with Gasteiger partial charge in [0.2, 0.25) is 6.41 Å². The number of hydrogen-bond acceptors (Lipinski definition) is 7. The van der Waals surface area contributed by atoms with Crippen LogP contribution < -0.4 is 10.9 Å². The van der Waals surface area contributed by atoms with Crippen molar-refractivity contribution in [2.45, 2.75) is 18.7 Å². The number of carbonyl (C=O) groups excluding carboxylic acids is 1. The van der Waals surface area contributed by atoms with Crippen LogP contribution in [0.15, 0.2) is 46.2 Å². The summed E-state index contributed by atoms with van der Waals surface area (Å²) in [6, 6.07) is 11.4. The number of fused-ring (bicyclic) bond motifs is 1. The van der Waals surface area contributed by atoms with Gasteiger partial charge >= 0.3 is 0 Å². The Labute approximate surface area is 203 Å². The number of benzene rings is 1. The molecule has 164 valence electrons. The number of anilines is 1. The molecule has 0 bridgehead atoms. The number of nitriles is 1. The van der Waals surface area contributed by atoms with Gasteiger partial charge in [0, 0.05) is 41.8 Å².